The number of benzene rings is 1. The van der Waals surface area contributed by atoms with E-state index in [0.717, 1.165) is 0 Å². The number of nitrogen functional groups attached to an aromatic ring is 1. The number of aryl methyl sites for hydroxylation is 1. The minimum absolute atomic E-state index is 0.0436. The van der Waals surface area contributed by atoms with Crippen molar-refractivity contribution in [1.82, 2.24) is 20.1 Å². The molecule has 1 aliphatic heterocycles. The number of carbonyl (C=O) groups excluding carboxylic acids is 3. The summed E-state index contributed by atoms with van der Waals surface area (Å²) in [5, 5.41) is 6.29. The molecule has 0 saturated carbocycles. The van der Waals surface area contributed by atoms with E-state index in [0.29, 0.717) is 17.1 Å². The summed E-state index contributed by atoms with van der Waals surface area (Å²) in [6.07, 6.45) is 0.551. The third-order valence-electron chi connectivity index (χ3n) is 3.21. The second-order valence-corrected chi connectivity index (χ2v) is 4.48. The summed E-state index contributed by atoms with van der Waals surface area (Å²) in [5.41, 5.74) is 6.01. The number of carbonyl (C=O) groups is 3. The van der Waals surface area contributed by atoms with Gasteiger partial charge in [0.2, 0.25) is 5.82 Å². The summed E-state index contributed by atoms with van der Waals surface area (Å²) in [7, 11) is 0. The van der Waals surface area contributed by atoms with Gasteiger partial charge in [0.05, 0.1) is 11.1 Å². The highest BCUT2D eigenvalue weighted by Crippen LogP contribution is 2.28. The first-order valence-corrected chi connectivity index (χ1v) is 6.27. The Labute approximate surface area is 119 Å². The second-order valence-electron chi connectivity index (χ2n) is 4.48. The van der Waals surface area contributed by atoms with Crippen LogP contribution in [0.15, 0.2) is 18.2 Å². The molecule has 8 nitrogen and oxygen atoms in total. The first-order chi connectivity index (χ1) is 10.0. The highest BCUT2D eigenvalue weighted by atomic mass is 16.2. The van der Waals surface area contributed by atoms with Gasteiger partial charge in [0.1, 0.15) is 5.82 Å². The molecule has 0 atom stereocenters. The van der Waals surface area contributed by atoms with Crippen molar-refractivity contribution in [1.29, 1.82) is 0 Å². The van der Waals surface area contributed by atoms with Crippen molar-refractivity contribution in [3.05, 3.63) is 41.0 Å². The van der Waals surface area contributed by atoms with E-state index in [1.165, 1.54) is 12.1 Å². The molecule has 8 heteroatoms. The van der Waals surface area contributed by atoms with Gasteiger partial charge in [-0.05, 0) is 12.1 Å². The lowest BCUT2D eigenvalue weighted by molar-refractivity contribution is 0.0560. The molecule has 0 spiro atoms. The van der Waals surface area contributed by atoms with E-state index in [1.807, 2.05) is 6.92 Å². The number of nitrogens with zero attached hydrogens (tertiary/aromatic N) is 3. The summed E-state index contributed by atoms with van der Waals surface area (Å²) in [6.45, 7) is 1.83. The molecule has 3 amide bonds. The first-order valence-electron chi connectivity index (χ1n) is 6.27. The number of amides is 3. The van der Waals surface area contributed by atoms with Crippen LogP contribution in [0.2, 0.25) is 0 Å². The first kappa shape index (κ1) is 13.0. The van der Waals surface area contributed by atoms with Crippen LogP contribution in [0.3, 0.4) is 0 Å². The van der Waals surface area contributed by atoms with Crippen molar-refractivity contribution in [2.75, 3.05) is 5.73 Å². The third kappa shape index (κ3) is 1.80. The highest BCUT2D eigenvalue weighted by Gasteiger charge is 2.42. The minimum atomic E-state index is -0.864. The number of aromatic nitrogens is 3. The fourth-order valence-electron chi connectivity index (χ4n) is 2.15. The molecule has 21 heavy (non-hydrogen) atoms. The van der Waals surface area contributed by atoms with Crippen LogP contribution in [0.1, 0.15) is 44.1 Å². The largest absolute Gasteiger partial charge is 0.398 e. The lowest BCUT2D eigenvalue weighted by atomic mass is 10.1. The molecule has 0 unspecified atom stereocenters. The van der Waals surface area contributed by atoms with Gasteiger partial charge in [0, 0.05) is 12.1 Å². The zero-order valence-electron chi connectivity index (χ0n) is 11.1. The van der Waals surface area contributed by atoms with E-state index < -0.39 is 17.7 Å². The Bertz CT molecular complexity index is 780. The lowest BCUT2D eigenvalue weighted by Crippen LogP contribution is -2.36. The van der Waals surface area contributed by atoms with E-state index in [9.17, 15) is 14.4 Å². The van der Waals surface area contributed by atoms with Gasteiger partial charge in [-0.3, -0.25) is 19.5 Å². The van der Waals surface area contributed by atoms with Crippen LogP contribution >= 0.6 is 0 Å². The number of anilines is 1. The van der Waals surface area contributed by atoms with E-state index >= 15 is 0 Å². The van der Waals surface area contributed by atoms with Gasteiger partial charge in [-0.15, -0.1) is 5.10 Å². The monoisotopic (exact) mass is 285 g/mol. The van der Waals surface area contributed by atoms with Gasteiger partial charge in [-0.2, -0.15) is 0 Å². The molecular weight excluding hydrogens is 274 g/mol. The molecule has 2 heterocycles. The molecule has 1 aromatic carbocycles. The Hall–Kier alpha value is -3.03. The highest BCUT2D eigenvalue weighted by molar-refractivity contribution is 6.32. The fraction of sp³-hybridized carbons (Fsp3) is 0.154. The number of hydrogen-bond donors (Lipinski definition) is 2. The summed E-state index contributed by atoms with van der Waals surface area (Å²) in [5.74, 6) is -2.05. The van der Waals surface area contributed by atoms with Crippen molar-refractivity contribution in [3.8, 4) is 0 Å². The molecule has 1 aliphatic rings. The molecule has 0 fully saturated rings. The van der Waals surface area contributed by atoms with Crippen LogP contribution < -0.4 is 5.73 Å². The molecule has 3 rings (SSSR count). The van der Waals surface area contributed by atoms with Gasteiger partial charge in [0.25, 0.3) is 11.8 Å². The average molecular weight is 285 g/mol. The summed E-state index contributed by atoms with van der Waals surface area (Å²) >= 11 is 0. The van der Waals surface area contributed by atoms with Crippen LogP contribution in [0.5, 0.6) is 0 Å². The van der Waals surface area contributed by atoms with Crippen LogP contribution in [0, 0.1) is 0 Å². The fourth-order valence-corrected chi connectivity index (χ4v) is 2.15. The van der Waals surface area contributed by atoms with Gasteiger partial charge in [0.15, 0.2) is 0 Å². The number of fused-ring (bicyclic) bond motifs is 1. The number of rotatable bonds is 2. The van der Waals surface area contributed by atoms with Gasteiger partial charge < -0.3 is 5.73 Å². The van der Waals surface area contributed by atoms with Crippen LogP contribution in [0.25, 0.3) is 0 Å². The maximum Gasteiger partial charge on any atom is 0.307 e. The van der Waals surface area contributed by atoms with E-state index in [1.54, 1.807) is 6.07 Å². The van der Waals surface area contributed by atoms with Crippen LogP contribution in [-0.4, -0.2) is 37.8 Å². The Morgan fingerprint density at radius 3 is 2.71 bits per heavy atom. The molecule has 106 valence electrons. The van der Waals surface area contributed by atoms with Gasteiger partial charge >= 0.3 is 5.91 Å². The van der Waals surface area contributed by atoms with Crippen molar-refractivity contribution in [2.24, 2.45) is 0 Å². The number of imide groups is 3. The number of hydrogen-bond acceptors (Lipinski definition) is 6. The molecule has 1 aromatic heterocycles. The molecule has 0 saturated heterocycles. The molecule has 2 aromatic rings. The lowest BCUT2D eigenvalue weighted by Gasteiger charge is -2.08. The predicted octanol–water partition coefficient (Wildman–Crippen LogP) is 0.386. The smallest absolute Gasteiger partial charge is 0.307 e. The number of nitrogens with two attached hydrogens (primary N) is 1. The SMILES string of the molecule is CCc1nc(C(=O)N2C(=O)c3cccc(N)c3C2=O)n[nH]1. The Morgan fingerprint density at radius 1 is 1.33 bits per heavy atom. The predicted molar refractivity (Wildman–Crippen MR) is 71.4 cm³/mol. The molecular formula is C13H11N5O3. The third-order valence-corrected chi connectivity index (χ3v) is 3.21. The maximum absolute atomic E-state index is 12.3. The summed E-state index contributed by atoms with van der Waals surface area (Å²) in [4.78, 5) is 41.2. The van der Waals surface area contributed by atoms with Gasteiger partial charge in [-0.25, -0.2) is 9.88 Å². The minimum Gasteiger partial charge on any atom is -0.398 e. The Balaban J connectivity index is 2.02. The van der Waals surface area contributed by atoms with Crippen LogP contribution in [-0.2, 0) is 6.42 Å². The number of H-pyrrole nitrogens is 1. The summed E-state index contributed by atoms with van der Waals surface area (Å²) in [6, 6.07) is 4.50. The zero-order chi connectivity index (χ0) is 15.1. The van der Waals surface area contributed by atoms with Crippen molar-refractivity contribution in [2.45, 2.75) is 13.3 Å². The van der Waals surface area contributed by atoms with E-state index in [2.05, 4.69) is 15.2 Å². The quantitative estimate of drug-likeness (QED) is 0.607. The van der Waals surface area contributed by atoms with Crippen molar-refractivity contribution >= 4 is 23.4 Å². The number of nitrogens with one attached hydrogen (secondary N) is 1. The Morgan fingerprint density at radius 2 is 2.10 bits per heavy atom. The maximum atomic E-state index is 12.3. The number of aromatic amines is 1. The van der Waals surface area contributed by atoms with Crippen molar-refractivity contribution < 1.29 is 14.4 Å². The summed E-state index contributed by atoms with van der Waals surface area (Å²) < 4.78 is 0. The standard InChI is InChI=1S/C13H11N5O3/c1-2-8-15-10(17-16-8)13(21)18-11(19)6-4-3-5-7(14)9(6)12(18)20/h3-5H,2,14H2,1H3,(H,15,16,17). The molecule has 0 bridgehead atoms. The van der Waals surface area contributed by atoms with E-state index in [-0.39, 0.29) is 22.6 Å². The van der Waals surface area contributed by atoms with Gasteiger partial charge in [-0.1, -0.05) is 13.0 Å². The van der Waals surface area contributed by atoms with Crippen LogP contribution in [0.4, 0.5) is 5.69 Å². The normalized spacial score (nSPS) is 13.7. The van der Waals surface area contributed by atoms with E-state index in [4.69, 9.17) is 5.73 Å². The molecule has 0 aliphatic carbocycles. The van der Waals surface area contributed by atoms with Crippen molar-refractivity contribution in [3.63, 3.8) is 0 Å². The average Bonchev–Trinajstić information content (AvgIpc) is 3.04. The molecule has 0 radical (unpaired) electrons. The second kappa shape index (κ2) is 4.51. The molecule has 3 N–H and O–H groups in total. The zero-order valence-corrected chi connectivity index (χ0v) is 11.1. The Kier molecular flexibility index (Phi) is 2.79. The topological polar surface area (TPSA) is 122 Å².